The summed E-state index contributed by atoms with van der Waals surface area (Å²) in [6.07, 6.45) is 12.7. The molecule has 32 heavy (non-hydrogen) atoms. The first kappa shape index (κ1) is 20.8. The molecule has 5 heteroatoms. The van der Waals surface area contributed by atoms with Crippen molar-refractivity contribution < 1.29 is 14.9 Å². The predicted molar refractivity (Wildman–Crippen MR) is 124 cm³/mol. The Balaban J connectivity index is 1.47. The maximum atomic E-state index is 11.1. The van der Waals surface area contributed by atoms with Gasteiger partial charge in [-0.25, -0.2) is 0 Å². The first-order valence-corrected chi connectivity index (χ1v) is 12.0. The molecule has 1 aromatic rings. The normalized spacial score (nSPS) is 46.7. The fourth-order valence-corrected chi connectivity index (χ4v) is 7.78. The van der Waals surface area contributed by atoms with Crippen LogP contribution in [0.25, 0.3) is 5.57 Å². The van der Waals surface area contributed by atoms with Gasteiger partial charge < -0.3 is 19.8 Å². The zero-order chi connectivity index (χ0) is 22.5. The van der Waals surface area contributed by atoms with E-state index in [1.54, 1.807) is 0 Å². The van der Waals surface area contributed by atoms with Gasteiger partial charge in [-0.2, -0.15) is 0 Å². The Kier molecular flexibility index (Phi) is 4.31. The van der Waals surface area contributed by atoms with Crippen molar-refractivity contribution in [3.8, 4) is 0 Å². The first-order chi connectivity index (χ1) is 15.2. The first-order valence-electron chi connectivity index (χ1n) is 12.0. The molecular formula is C27H34N2O3. The molecule has 5 aliphatic rings. The van der Waals surface area contributed by atoms with Crippen molar-refractivity contribution in [1.82, 2.24) is 9.88 Å². The molecule has 1 saturated heterocycles. The minimum atomic E-state index is -0.885. The summed E-state index contributed by atoms with van der Waals surface area (Å²) in [7, 11) is 3.95. The van der Waals surface area contributed by atoms with E-state index >= 15 is 0 Å². The Hall–Kier alpha value is -1.79. The van der Waals surface area contributed by atoms with Crippen LogP contribution in [0.5, 0.6) is 0 Å². The Bertz CT molecular complexity index is 1050. The third-order valence-corrected chi connectivity index (χ3v) is 9.61. The number of aliphatic hydroxyl groups excluding tert-OH is 2. The summed E-state index contributed by atoms with van der Waals surface area (Å²) in [5, 5.41) is 22.0. The number of aliphatic hydroxyl groups is 2. The Morgan fingerprint density at radius 2 is 2.03 bits per heavy atom. The molecule has 0 radical (unpaired) electrons. The molecule has 6 rings (SSSR count). The zero-order valence-electron chi connectivity index (χ0n) is 19.5. The lowest BCUT2D eigenvalue weighted by molar-refractivity contribution is -0.165. The van der Waals surface area contributed by atoms with Crippen LogP contribution in [0, 0.1) is 17.3 Å². The van der Waals surface area contributed by atoms with E-state index in [0.29, 0.717) is 11.8 Å². The van der Waals surface area contributed by atoms with Gasteiger partial charge in [0.25, 0.3) is 0 Å². The second-order valence-electron chi connectivity index (χ2n) is 11.1. The van der Waals surface area contributed by atoms with Crippen LogP contribution >= 0.6 is 0 Å². The van der Waals surface area contributed by atoms with Crippen molar-refractivity contribution in [3.05, 3.63) is 59.5 Å². The minimum absolute atomic E-state index is 0.0306. The van der Waals surface area contributed by atoms with Gasteiger partial charge in [-0.1, -0.05) is 38.1 Å². The number of ether oxygens (including phenoxy) is 1. The highest BCUT2D eigenvalue weighted by molar-refractivity contribution is 5.74. The molecule has 3 aliphatic carbocycles. The summed E-state index contributed by atoms with van der Waals surface area (Å²) in [6, 6.07) is 4.07. The predicted octanol–water partition coefficient (Wildman–Crippen LogP) is 3.35. The summed E-state index contributed by atoms with van der Waals surface area (Å²) in [6.45, 7) is 4.72. The molecule has 2 fully saturated rings. The molecule has 3 heterocycles. The largest absolute Gasteiger partial charge is 0.388 e. The lowest BCUT2D eigenvalue weighted by atomic mass is 9.54. The SMILES string of the molecule is CC1C=C2C=C3C(O)C(O)C(N(C)C)CC34CCC2(O4)C2CC=C(c3cccnc3)C12C. The molecule has 170 valence electrons. The molecule has 1 aromatic heterocycles. The molecule has 2 spiro atoms. The summed E-state index contributed by atoms with van der Waals surface area (Å²) in [4.78, 5) is 6.42. The highest BCUT2D eigenvalue weighted by Crippen LogP contribution is 2.68. The molecule has 8 atom stereocenters. The average molecular weight is 435 g/mol. The van der Waals surface area contributed by atoms with E-state index in [1.807, 2.05) is 37.5 Å². The lowest BCUT2D eigenvalue weighted by Crippen LogP contribution is -2.62. The maximum absolute atomic E-state index is 11.1. The van der Waals surface area contributed by atoms with Gasteiger partial charge in [0.05, 0.1) is 17.3 Å². The maximum Gasteiger partial charge on any atom is 0.105 e. The second kappa shape index (κ2) is 6.63. The third kappa shape index (κ3) is 2.40. The average Bonchev–Trinajstić information content (AvgIpc) is 3.30. The number of likely N-dealkylation sites (N-methyl/N-ethyl adjacent to an activating group) is 1. The van der Waals surface area contributed by atoms with Gasteiger partial charge in [-0.3, -0.25) is 4.98 Å². The van der Waals surface area contributed by atoms with E-state index in [4.69, 9.17) is 4.74 Å². The van der Waals surface area contributed by atoms with Crippen molar-refractivity contribution in [3.63, 3.8) is 0 Å². The van der Waals surface area contributed by atoms with Gasteiger partial charge in [0.15, 0.2) is 0 Å². The monoisotopic (exact) mass is 434 g/mol. The van der Waals surface area contributed by atoms with Gasteiger partial charge in [-0.15, -0.1) is 0 Å². The molecule has 0 aromatic carbocycles. The highest BCUT2D eigenvalue weighted by Gasteiger charge is 2.68. The highest BCUT2D eigenvalue weighted by atomic mass is 16.5. The van der Waals surface area contributed by atoms with Crippen LogP contribution < -0.4 is 0 Å². The van der Waals surface area contributed by atoms with Crippen molar-refractivity contribution in [2.24, 2.45) is 17.3 Å². The Labute approximate surface area is 190 Å². The summed E-state index contributed by atoms with van der Waals surface area (Å²) in [5.41, 5.74) is 3.85. The van der Waals surface area contributed by atoms with E-state index in [-0.39, 0.29) is 17.1 Å². The van der Waals surface area contributed by atoms with Crippen LogP contribution in [0.2, 0.25) is 0 Å². The minimum Gasteiger partial charge on any atom is -0.388 e. The topological polar surface area (TPSA) is 65.8 Å². The van der Waals surface area contributed by atoms with Crippen molar-refractivity contribution >= 4 is 5.57 Å². The van der Waals surface area contributed by atoms with Gasteiger partial charge in [-0.05, 0) is 74.0 Å². The molecule has 1 saturated carbocycles. The number of rotatable bonds is 2. The Morgan fingerprint density at radius 1 is 1.22 bits per heavy atom. The zero-order valence-corrected chi connectivity index (χ0v) is 19.5. The van der Waals surface area contributed by atoms with E-state index in [1.165, 1.54) is 16.7 Å². The number of fused-ring (bicyclic) bond motifs is 1. The van der Waals surface area contributed by atoms with E-state index in [9.17, 15) is 10.2 Å². The van der Waals surface area contributed by atoms with E-state index in [0.717, 1.165) is 31.3 Å². The molecule has 2 bridgehead atoms. The second-order valence-corrected chi connectivity index (χ2v) is 11.1. The number of aromatic nitrogens is 1. The van der Waals surface area contributed by atoms with Crippen LogP contribution in [0.3, 0.4) is 0 Å². The van der Waals surface area contributed by atoms with Gasteiger partial charge in [0.1, 0.15) is 6.10 Å². The van der Waals surface area contributed by atoms with Crippen molar-refractivity contribution in [1.29, 1.82) is 0 Å². The fraction of sp³-hybridized carbons (Fsp3) is 0.593. The molecular weight excluding hydrogens is 400 g/mol. The summed E-state index contributed by atoms with van der Waals surface area (Å²) >= 11 is 0. The lowest BCUT2D eigenvalue weighted by Gasteiger charge is -2.57. The summed E-state index contributed by atoms with van der Waals surface area (Å²) in [5.74, 6) is 0.676. The van der Waals surface area contributed by atoms with Crippen LogP contribution in [0.4, 0.5) is 0 Å². The van der Waals surface area contributed by atoms with Gasteiger partial charge in [0, 0.05) is 29.8 Å². The standard InChI is InChI=1S/C27H34N2O3/c1-16-12-18-13-20-23(30)24(31)21(29(3)4)14-26(20)9-10-27(18,32-26)22-8-7-19(25(16,22)2)17-6-5-11-28-15-17/h5-7,11-13,15-16,21-24,30-31H,8-10,14H2,1-4H3. The molecule has 2 aliphatic heterocycles. The quantitative estimate of drug-likeness (QED) is 0.747. The van der Waals surface area contributed by atoms with Gasteiger partial charge in [0.2, 0.25) is 0 Å². The molecule has 5 nitrogen and oxygen atoms in total. The summed E-state index contributed by atoms with van der Waals surface area (Å²) < 4.78 is 7.21. The van der Waals surface area contributed by atoms with Gasteiger partial charge >= 0.3 is 0 Å². The third-order valence-electron chi connectivity index (χ3n) is 9.61. The van der Waals surface area contributed by atoms with Crippen LogP contribution in [-0.2, 0) is 4.74 Å². The van der Waals surface area contributed by atoms with E-state index in [2.05, 4.69) is 43.1 Å². The number of pyridine rings is 1. The smallest absolute Gasteiger partial charge is 0.105 e. The number of hydrogen-bond donors (Lipinski definition) is 2. The number of hydrogen-bond acceptors (Lipinski definition) is 5. The molecule has 2 N–H and O–H groups in total. The molecule has 0 amide bonds. The Morgan fingerprint density at radius 3 is 2.75 bits per heavy atom. The van der Waals surface area contributed by atoms with Crippen LogP contribution in [0.15, 0.2) is 53.9 Å². The van der Waals surface area contributed by atoms with Crippen LogP contribution in [0.1, 0.15) is 45.1 Å². The van der Waals surface area contributed by atoms with Crippen molar-refractivity contribution in [2.45, 2.75) is 69.0 Å². The number of nitrogens with zero attached hydrogens (tertiary/aromatic N) is 2. The van der Waals surface area contributed by atoms with Crippen molar-refractivity contribution in [2.75, 3.05) is 14.1 Å². The fourth-order valence-electron chi connectivity index (χ4n) is 7.78. The van der Waals surface area contributed by atoms with E-state index < -0.39 is 17.8 Å². The molecule has 8 unspecified atom stereocenters. The van der Waals surface area contributed by atoms with Crippen LogP contribution in [-0.4, -0.2) is 63.6 Å². The number of allylic oxidation sites excluding steroid dienone is 3.